The van der Waals surface area contributed by atoms with Crippen molar-refractivity contribution in [2.45, 2.75) is 58.0 Å². The Bertz CT molecular complexity index is 916. The number of likely N-dealkylation sites (tertiary alicyclic amines) is 1. The number of fused-ring (bicyclic) bond motifs is 1. The molecule has 0 spiro atoms. The van der Waals surface area contributed by atoms with Crippen LogP contribution in [0.4, 0.5) is 0 Å². The number of nitrogens with zero attached hydrogens (tertiary/aromatic N) is 1. The monoisotopic (exact) mass is 501 g/mol. The van der Waals surface area contributed by atoms with Gasteiger partial charge < -0.3 is 30.9 Å². The molecule has 2 aliphatic heterocycles. The van der Waals surface area contributed by atoms with Gasteiger partial charge in [0.05, 0.1) is 12.1 Å². The van der Waals surface area contributed by atoms with E-state index in [1.54, 1.807) is 24.3 Å². The summed E-state index contributed by atoms with van der Waals surface area (Å²) in [6.45, 7) is 7.33. The molecule has 0 unspecified atom stereocenters. The molecule has 10 heteroatoms. The van der Waals surface area contributed by atoms with Crippen molar-refractivity contribution in [3.8, 4) is 5.75 Å². The number of piperidine rings is 1. The lowest BCUT2D eigenvalue weighted by atomic mass is 10.0. The third-order valence-corrected chi connectivity index (χ3v) is 6.51. The molecule has 1 fully saturated rings. The van der Waals surface area contributed by atoms with Crippen LogP contribution >= 0.6 is 0 Å². The van der Waals surface area contributed by atoms with Crippen molar-refractivity contribution in [3.05, 3.63) is 29.8 Å². The largest absolute Gasteiger partial charge is 0.491 e. The molecule has 0 aromatic heterocycles. The molecular formula is C26H39N5O5. The quantitative estimate of drug-likeness (QED) is 0.473. The topological polar surface area (TPSA) is 129 Å². The summed E-state index contributed by atoms with van der Waals surface area (Å²) in [6.07, 6.45) is 3.66. The van der Waals surface area contributed by atoms with Crippen LogP contribution in [0.5, 0.6) is 5.75 Å². The summed E-state index contributed by atoms with van der Waals surface area (Å²) in [6, 6.07) is 5.14. The predicted octanol–water partition coefficient (Wildman–Crippen LogP) is 0.817. The highest BCUT2D eigenvalue weighted by Crippen LogP contribution is 2.18. The van der Waals surface area contributed by atoms with Crippen LogP contribution in [0.25, 0.3) is 0 Å². The number of ether oxygens (including phenoxy) is 1. The average molecular weight is 502 g/mol. The van der Waals surface area contributed by atoms with Gasteiger partial charge in [-0.15, -0.1) is 0 Å². The van der Waals surface area contributed by atoms with E-state index in [-0.39, 0.29) is 55.2 Å². The molecule has 2 atom stereocenters. The van der Waals surface area contributed by atoms with Crippen LogP contribution in [0.1, 0.15) is 56.3 Å². The predicted molar refractivity (Wildman–Crippen MR) is 136 cm³/mol. The summed E-state index contributed by atoms with van der Waals surface area (Å²) in [5.41, 5.74) is 0.286. The smallest absolute Gasteiger partial charge is 0.255 e. The van der Waals surface area contributed by atoms with E-state index in [0.29, 0.717) is 12.3 Å². The first-order valence-corrected chi connectivity index (χ1v) is 12.9. The fourth-order valence-electron chi connectivity index (χ4n) is 4.43. The highest BCUT2D eigenvalue weighted by molar-refractivity contribution is 5.99. The molecule has 2 heterocycles. The summed E-state index contributed by atoms with van der Waals surface area (Å²) < 4.78 is 5.76. The number of benzene rings is 1. The molecule has 3 rings (SSSR count). The molecule has 0 radical (unpaired) electrons. The molecule has 1 aromatic carbocycles. The van der Waals surface area contributed by atoms with Crippen molar-refractivity contribution in [2.24, 2.45) is 5.92 Å². The first-order chi connectivity index (χ1) is 17.3. The zero-order valence-electron chi connectivity index (χ0n) is 21.3. The Morgan fingerprint density at radius 2 is 1.86 bits per heavy atom. The van der Waals surface area contributed by atoms with E-state index in [2.05, 4.69) is 26.2 Å². The molecule has 1 saturated heterocycles. The molecular weight excluding hydrogens is 462 g/mol. The molecule has 36 heavy (non-hydrogen) atoms. The van der Waals surface area contributed by atoms with Gasteiger partial charge in [-0.3, -0.25) is 19.2 Å². The van der Waals surface area contributed by atoms with Crippen LogP contribution in [0, 0.1) is 5.92 Å². The van der Waals surface area contributed by atoms with Crippen molar-refractivity contribution < 1.29 is 23.9 Å². The van der Waals surface area contributed by atoms with Gasteiger partial charge in [-0.25, -0.2) is 0 Å². The Kier molecular flexibility index (Phi) is 10.5. The maximum Gasteiger partial charge on any atom is 0.255 e. The Morgan fingerprint density at radius 3 is 2.61 bits per heavy atom. The molecule has 0 bridgehead atoms. The number of carbonyl (C=O) groups is 4. The van der Waals surface area contributed by atoms with Crippen LogP contribution in [-0.2, 0) is 14.4 Å². The normalized spacial score (nSPS) is 22.7. The van der Waals surface area contributed by atoms with Crippen molar-refractivity contribution >= 4 is 23.6 Å². The lowest BCUT2D eigenvalue weighted by molar-refractivity contribution is -0.130. The first kappa shape index (κ1) is 27.4. The Hall–Kier alpha value is -3.14. The molecule has 4 amide bonds. The van der Waals surface area contributed by atoms with E-state index >= 15 is 0 Å². The van der Waals surface area contributed by atoms with Crippen LogP contribution < -0.4 is 26.0 Å². The van der Waals surface area contributed by atoms with Crippen molar-refractivity contribution in [2.75, 3.05) is 39.3 Å². The fourth-order valence-corrected chi connectivity index (χ4v) is 4.43. The van der Waals surface area contributed by atoms with Crippen molar-refractivity contribution in [1.29, 1.82) is 0 Å². The third-order valence-electron chi connectivity index (χ3n) is 6.51. The van der Waals surface area contributed by atoms with Gasteiger partial charge in [0.15, 0.2) is 0 Å². The molecule has 1 aromatic rings. The molecule has 10 nitrogen and oxygen atoms in total. The Balaban J connectivity index is 1.73. The van der Waals surface area contributed by atoms with E-state index in [4.69, 9.17) is 4.74 Å². The van der Waals surface area contributed by atoms with E-state index in [0.717, 1.165) is 19.6 Å². The minimum Gasteiger partial charge on any atom is -0.491 e. The van der Waals surface area contributed by atoms with Gasteiger partial charge in [-0.2, -0.15) is 0 Å². The van der Waals surface area contributed by atoms with Crippen LogP contribution in [0.2, 0.25) is 0 Å². The summed E-state index contributed by atoms with van der Waals surface area (Å²) in [5.74, 6) is -1.21. The Labute approximate surface area is 212 Å². The molecule has 0 saturated carbocycles. The minimum absolute atomic E-state index is 0.0147. The zero-order valence-corrected chi connectivity index (χ0v) is 21.3. The standard InChI is InChI=1S/C26H39N5O5/c1-18(2)23-26(35)28-13-17-36-21-9-5-4-8-19(21)24(33)29-20(10-11-22(32)30-23)25(34)27-12-16-31-14-6-3-7-15-31/h4-5,8-9,18,20,23H,3,6-7,10-17H2,1-2H3,(H,27,34)(H,28,35)(H,29,33)(H,30,32)/t20-,23-/m0/s1. The summed E-state index contributed by atoms with van der Waals surface area (Å²) in [4.78, 5) is 53.8. The maximum atomic E-state index is 13.1. The zero-order chi connectivity index (χ0) is 25.9. The highest BCUT2D eigenvalue weighted by atomic mass is 16.5. The van der Waals surface area contributed by atoms with Gasteiger partial charge in [-0.1, -0.05) is 32.4 Å². The lowest BCUT2D eigenvalue weighted by Gasteiger charge is -2.27. The minimum atomic E-state index is -0.908. The van der Waals surface area contributed by atoms with Gasteiger partial charge in [-0.05, 0) is 50.4 Å². The van der Waals surface area contributed by atoms with Crippen molar-refractivity contribution in [1.82, 2.24) is 26.2 Å². The second kappa shape index (κ2) is 13.8. The van der Waals surface area contributed by atoms with E-state index < -0.39 is 18.0 Å². The number of hydrogen-bond donors (Lipinski definition) is 4. The van der Waals surface area contributed by atoms with Gasteiger partial charge in [0.2, 0.25) is 17.7 Å². The highest BCUT2D eigenvalue weighted by Gasteiger charge is 2.27. The van der Waals surface area contributed by atoms with E-state index in [1.165, 1.54) is 19.3 Å². The van der Waals surface area contributed by atoms with Gasteiger partial charge in [0.1, 0.15) is 24.4 Å². The van der Waals surface area contributed by atoms with Gasteiger partial charge >= 0.3 is 0 Å². The number of nitrogens with one attached hydrogen (secondary N) is 4. The van der Waals surface area contributed by atoms with E-state index in [1.807, 2.05) is 13.8 Å². The van der Waals surface area contributed by atoms with E-state index in [9.17, 15) is 19.2 Å². The second-order valence-corrected chi connectivity index (χ2v) is 9.68. The molecule has 2 aliphatic rings. The summed E-state index contributed by atoms with van der Waals surface area (Å²) in [7, 11) is 0. The fraction of sp³-hybridized carbons (Fsp3) is 0.615. The summed E-state index contributed by atoms with van der Waals surface area (Å²) in [5, 5.41) is 11.2. The van der Waals surface area contributed by atoms with Crippen LogP contribution in [0.3, 0.4) is 0 Å². The number of amides is 4. The number of carbonyl (C=O) groups excluding carboxylic acids is 4. The average Bonchev–Trinajstić information content (AvgIpc) is 2.87. The molecule has 0 aliphatic carbocycles. The van der Waals surface area contributed by atoms with Crippen LogP contribution in [-0.4, -0.2) is 79.9 Å². The van der Waals surface area contributed by atoms with Crippen LogP contribution in [0.15, 0.2) is 24.3 Å². The summed E-state index contributed by atoms with van der Waals surface area (Å²) >= 11 is 0. The number of para-hydroxylation sites is 1. The number of rotatable bonds is 5. The number of hydrogen-bond acceptors (Lipinski definition) is 6. The van der Waals surface area contributed by atoms with Crippen molar-refractivity contribution in [3.63, 3.8) is 0 Å². The lowest BCUT2D eigenvalue weighted by Crippen LogP contribution is -2.51. The Morgan fingerprint density at radius 1 is 1.11 bits per heavy atom. The SMILES string of the molecule is CC(C)[C@@H]1NC(=O)CC[C@@H](C(=O)NCCN2CCCCC2)NC(=O)c2ccccc2OCCNC1=O. The maximum absolute atomic E-state index is 13.1. The first-order valence-electron chi connectivity index (χ1n) is 12.9. The second-order valence-electron chi connectivity index (χ2n) is 9.68. The van der Waals surface area contributed by atoms with Gasteiger partial charge in [0.25, 0.3) is 5.91 Å². The third kappa shape index (κ3) is 8.22. The molecule has 198 valence electrons. The molecule has 4 N–H and O–H groups in total. The van der Waals surface area contributed by atoms with Gasteiger partial charge in [0, 0.05) is 19.5 Å².